The smallest absolute Gasteiger partial charge is 0.338 e. The van der Waals surface area contributed by atoms with E-state index >= 15 is 0 Å². The van der Waals surface area contributed by atoms with E-state index in [2.05, 4.69) is 20.9 Å². The number of imidazole rings is 1. The van der Waals surface area contributed by atoms with Crippen molar-refractivity contribution in [1.82, 2.24) is 9.55 Å². The summed E-state index contributed by atoms with van der Waals surface area (Å²) in [5, 5.41) is 0. The number of hydrogen-bond acceptors (Lipinski definition) is 4. The van der Waals surface area contributed by atoms with E-state index in [1.165, 1.54) is 0 Å². The van der Waals surface area contributed by atoms with Gasteiger partial charge >= 0.3 is 5.97 Å². The van der Waals surface area contributed by atoms with Crippen molar-refractivity contribution in [2.45, 2.75) is 13.0 Å². The fourth-order valence-electron chi connectivity index (χ4n) is 1.64. The van der Waals surface area contributed by atoms with E-state index in [1.807, 2.05) is 10.8 Å². The largest absolute Gasteiger partial charge is 0.462 e. The molecule has 0 saturated heterocycles. The fraction of sp³-hybridized carbons (Fsp3) is 0.231. The van der Waals surface area contributed by atoms with Gasteiger partial charge in [0.05, 0.1) is 18.5 Å². The second-order valence-electron chi connectivity index (χ2n) is 4.06. The van der Waals surface area contributed by atoms with E-state index < -0.39 is 0 Å². The molecular formula is C13H14BrN3O2. The van der Waals surface area contributed by atoms with Gasteiger partial charge in [0.2, 0.25) is 0 Å². The minimum Gasteiger partial charge on any atom is -0.462 e. The van der Waals surface area contributed by atoms with Crippen LogP contribution in [0.5, 0.6) is 0 Å². The number of ether oxygens (including phenoxy) is 1. The molecule has 0 aliphatic heterocycles. The van der Waals surface area contributed by atoms with Gasteiger partial charge < -0.3 is 15.0 Å². The monoisotopic (exact) mass is 323 g/mol. The van der Waals surface area contributed by atoms with E-state index in [0.29, 0.717) is 17.9 Å². The molecule has 0 atom stereocenters. The second-order valence-corrected chi connectivity index (χ2v) is 4.98. The van der Waals surface area contributed by atoms with Crippen LogP contribution in [0.4, 0.5) is 5.69 Å². The Bertz CT molecular complexity index is 535. The van der Waals surface area contributed by atoms with Crippen LogP contribution in [0.2, 0.25) is 0 Å². The molecule has 1 aromatic heterocycles. The summed E-state index contributed by atoms with van der Waals surface area (Å²) in [5.74, 6) is -0.362. The van der Waals surface area contributed by atoms with E-state index in [0.717, 1.165) is 17.4 Å². The number of benzene rings is 1. The topological polar surface area (TPSA) is 70.1 Å². The molecule has 100 valence electrons. The van der Waals surface area contributed by atoms with Crippen molar-refractivity contribution < 1.29 is 9.53 Å². The molecule has 0 aliphatic rings. The molecule has 2 aromatic rings. The molecule has 6 heteroatoms. The fourth-order valence-corrected chi connectivity index (χ4v) is 2.16. The van der Waals surface area contributed by atoms with Crippen LogP contribution < -0.4 is 5.73 Å². The van der Waals surface area contributed by atoms with Crippen molar-refractivity contribution in [3.63, 3.8) is 0 Å². The number of esters is 1. The highest BCUT2D eigenvalue weighted by atomic mass is 79.9. The van der Waals surface area contributed by atoms with E-state index in [4.69, 9.17) is 10.5 Å². The Kier molecular flexibility index (Phi) is 4.57. The number of nitrogens with zero attached hydrogens (tertiary/aromatic N) is 2. The predicted molar refractivity (Wildman–Crippen MR) is 75.7 cm³/mol. The molecule has 2 N–H and O–H groups in total. The summed E-state index contributed by atoms with van der Waals surface area (Å²) >= 11 is 3.29. The minimum atomic E-state index is -0.362. The van der Waals surface area contributed by atoms with E-state index in [1.54, 1.807) is 30.7 Å². The number of nitrogens with two attached hydrogens (primary N) is 1. The first-order valence-corrected chi connectivity index (χ1v) is 6.63. The van der Waals surface area contributed by atoms with Gasteiger partial charge in [0.25, 0.3) is 0 Å². The zero-order valence-corrected chi connectivity index (χ0v) is 11.8. The number of halogens is 1. The quantitative estimate of drug-likeness (QED) is 0.521. The van der Waals surface area contributed by atoms with Crippen molar-refractivity contribution in [2.24, 2.45) is 0 Å². The summed E-state index contributed by atoms with van der Waals surface area (Å²) in [7, 11) is 0. The number of carbonyl (C=O) groups excluding carboxylic acids is 1. The van der Waals surface area contributed by atoms with Gasteiger partial charge in [0.15, 0.2) is 0 Å². The number of hydrogen-bond donors (Lipinski definition) is 1. The molecule has 0 aliphatic carbocycles. The van der Waals surface area contributed by atoms with Gasteiger partial charge in [0, 0.05) is 29.1 Å². The molecule has 19 heavy (non-hydrogen) atoms. The average molecular weight is 324 g/mol. The number of aryl methyl sites for hydroxylation is 1. The Morgan fingerprint density at radius 3 is 2.95 bits per heavy atom. The molecule has 1 aromatic carbocycles. The highest BCUT2D eigenvalue weighted by Gasteiger charge is 2.08. The highest BCUT2D eigenvalue weighted by molar-refractivity contribution is 9.10. The lowest BCUT2D eigenvalue weighted by atomic mass is 10.2. The lowest BCUT2D eigenvalue weighted by molar-refractivity contribution is 0.0496. The molecule has 0 fully saturated rings. The van der Waals surface area contributed by atoms with Gasteiger partial charge in [-0.3, -0.25) is 0 Å². The van der Waals surface area contributed by atoms with E-state index in [9.17, 15) is 4.79 Å². The molecular weight excluding hydrogens is 310 g/mol. The first-order chi connectivity index (χ1) is 9.15. The van der Waals surface area contributed by atoms with Gasteiger partial charge in [-0.2, -0.15) is 0 Å². The third-order valence-corrected chi connectivity index (χ3v) is 2.97. The Labute approximate surface area is 119 Å². The SMILES string of the molecule is Nc1cc(Br)cc(C(=O)OCCCn2ccnc2)c1. The molecule has 0 radical (unpaired) electrons. The molecule has 2 rings (SSSR count). The maximum atomic E-state index is 11.8. The van der Waals surface area contributed by atoms with Crippen LogP contribution in [-0.2, 0) is 11.3 Å². The van der Waals surface area contributed by atoms with Crippen molar-refractivity contribution >= 4 is 27.6 Å². The average Bonchev–Trinajstić information content (AvgIpc) is 2.86. The number of nitrogen functional groups attached to an aromatic ring is 1. The van der Waals surface area contributed by atoms with Gasteiger partial charge in [-0.25, -0.2) is 9.78 Å². The van der Waals surface area contributed by atoms with Crippen LogP contribution in [-0.4, -0.2) is 22.1 Å². The van der Waals surface area contributed by atoms with Crippen molar-refractivity contribution in [3.05, 3.63) is 47.0 Å². The second kappa shape index (κ2) is 6.38. The molecule has 1 heterocycles. The molecule has 0 spiro atoms. The first-order valence-electron chi connectivity index (χ1n) is 5.84. The Morgan fingerprint density at radius 1 is 1.42 bits per heavy atom. The summed E-state index contributed by atoms with van der Waals surface area (Å²) in [5.41, 5.74) is 6.65. The molecule has 0 unspecified atom stereocenters. The van der Waals surface area contributed by atoms with Crippen molar-refractivity contribution in [1.29, 1.82) is 0 Å². The third-order valence-electron chi connectivity index (χ3n) is 2.51. The normalized spacial score (nSPS) is 10.4. The number of anilines is 1. The van der Waals surface area contributed by atoms with Crippen molar-refractivity contribution in [2.75, 3.05) is 12.3 Å². The van der Waals surface area contributed by atoms with Crippen molar-refractivity contribution in [3.8, 4) is 0 Å². The Balaban J connectivity index is 1.80. The van der Waals surface area contributed by atoms with Crippen LogP contribution in [0.15, 0.2) is 41.4 Å². The number of rotatable bonds is 5. The molecule has 0 bridgehead atoms. The zero-order valence-electron chi connectivity index (χ0n) is 10.3. The maximum absolute atomic E-state index is 11.8. The molecule has 0 amide bonds. The molecule has 5 nitrogen and oxygen atoms in total. The standard InChI is InChI=1S/C13H14BrN3O2/c14-11-6-10(7-12(15)8-11)13(18)19-5-1-3-17-4-2-16-9-17/h2,4,6-9H,1,3,5,15H2. The summed E-state index contributed by atoms with van der Waals surface area (Å²) < 4.78 is 7.88. The van der Waals surface area contributed by atoms with Gasteiger partial charge in [-0.1, -0.05) is 15.9 Å². The van der Waals surface area contributed by atoms with Gasteiger partial charge in [0.1, 0.15) is 0 Å². The summed E-state index contributed by atoms with van der Waals surface area (Å²) in [4.78, 5) is 15.7. The van der Waals surface area contributed by atoms with Crippen LogP contribution >= 0.6 is 15.9 Å². The summed E-state index contributed by atoms with van der Waals surface area (Å²) in [6.45, 7) is 1.14. The van der Waals surface area contributed by atoms with Crippen LogP contribution in [0.1, 0.15) is 16.8 Å². The van der Waals surface area contributed by atoms with Gasteiger partial charge in [-0.05, 0) is 24.6 Å². The van der Waals surface area contributed by atoms with Crippen LogP contribution in [0, 0.1) is 0 Å². The Morgan fingerprint density at radius 2 is 2.26 bits per heavy atom. The lowest BCUT2D eigenvalue weighted by Crippen LogP contribution is -2.09. The van der Waals surface area contributed by atoms with Crippen LogP contribution in [0.3, 0.4) is 0 Å². The van der Waals surface area contributed by atoms with Crippen LogP contribution in [0.25, 0.3) is 0 Å². The summed E-state index contributed by atoms with van der Waals surface area (Å²) in [6, 6.07) is 5.02. The molecule has 0 saturated carbocycles. The van der Waals surface area contributed by atoms with Gasteiger partial charge in [-0.15, -0.1) is 0 Å². The first kappa shape index (κ1) is 13.6. The lowest BCUT2D eigenvalue weighted by Gasteiger charge is -2.06. The highest BCUT2D eigenvalue weighted by Crippen LogP contribution is 2.18. The number of carbonyl (C=O) groups is 1. The number of aromatic nitrogens is 2. The zero-order chi connectivity index (χ0) is 13.7. The maximum Gasteiger partial charge on any atom is 0.338 e. The third kappa shape index (κ3) is 4.10. The van der Waals surface area contributed by atoms with E-state index in [-0.39, 0.29) is 5.97 Å². The Hall–Kier alpha value is -1.82. The predicted octanol–water partition coefficient (Wildman–Crippen LogP) is 2.47. The summed E-state index contributed by atoms with van der Waals surface area (Å²) in [6.07, 6.45) is 6.07. The minimum absolute atomic E-state index is 0.362.